The molecule has 1 saturated heterocycles. The number of sulfonamides is 1. The van der Waals surface area contributed by atoms with E-state index in [-0.39, 0.29) is 5.25 Å². The maximum Gasteiger partial charge on any atom is 0.214 e. The second-order valence-corrected chi connectivity index (χ2v) is 6.33. The average molecular weight is 218 g/mol. The van der Waals surface area contributed by atoms with E-state index >= 15 is 0 Å². The minimum Gasteiger partial charge on any atom is -0.316 e. The highest BCUT2D eigenvalue weighted by Gasteiger charge is 2.35. The Morgan fingerprint density at radius 3 is 2.64 bits per heavy atom. The first-order valence-electron chi connectivity index (χ1n) is 5.38. The lowest BCUT2D eigenvalue weighted by Crippen LogP contribution is -2.29. The summed E-state index contributed by atoms with van der Waals surface area (Å²) in [6.45, 7) is 2.75. The van der Waals surface area contributed by atoms with Crippen LogP contribution in [0.25, 0.3) is 0 Å². The van der Waals surface area contributed by atoms with E-state index in [2.05, 4.69) is 10.0 Å². The van der Waals surface area contributed by atoms with E-state index in [4.69, 9.17) is 0 Å². The minimum atomic E-state index is -2.95. The van der Waals surface area contributed by atoms with Crippen LogP contribution in [0.1, 0.15) is 25.7 Å². The molecule has 0 aromatic carbocycles. The summed E-state index contributed by atoms with van der Waals surface area (Å²) in [6, 6.07) is 0. The number of hydrogen-bond donors (Lipinski definition) is 2. The maximum atomic E-state index is 11.4. The van der Waals surface area contributed by atoms with Crippen LogP contribution in [-0.2, 0) is 10.0 Å². The van der Waals surface area contributed by atoms with Gasteiger partial charge in [-0.05, 0) is 44.7 Å². The SMILES string of the molecule is O=S(=O)(NCCC1CCNC1)C1CC1. The van der Waals surface area contributed by atoms with E-state index in [0.717, 1.165) is 32.4 Å². The van der Waals surface area contributed by atoms with Gasteiger partial charge in [0, 0.05) is 6.54 Å². The summed E-state index contributed by atoms with van der Waals surface area (Å²) in [5, 5.41) is 3.20. The van der Waals surface area contributed by atoms with Crippen LogP contribution in [-0.4, -0.2) is 33.3 Å². The molecule has 1 aliphatic carbocycles. The van der Waals surface area contributed by atoms with Gasteiger partial charge in [-0.3, -0.25) is 0 Å². The predicted octanol–water partition coefficient (Wildman–Crippen LogP) is 0.0678. The minimum absolute atomic E-state index is 0.0794. The average Bonchev–Trinajstić information content (AvgIpc) is 2.87. The molecule has 2 aliphatic rings. The molecule has 1 unspecified atom stereocenters. The largest absolute Gasteiger partial charge is 0.316 e. The van der Waals surface area contributed by atoms with E-state index in [9.17, 15) is 8.42 Å². The van der Waals surface area contributed by atoms with Gasteiger partial charge in [-0.15, -0.1) is 0 Å². The summed E-state index contributed by atoms with van der Waals surface area (Å²) in [7, 11) is -2.95. The summed E-state index contributed by atoms with van der Waals surface area (Å²) in [6.07, 6.45) is 3.85. The van der Waals surface area contributed by atoms with Crippen LogP contribution < -0.4 is 10.0 Å². The molecule has 1 atom stereocenters. The molecule has 4 nitrogen and oxygen atoms in total. The van der Waals surface area contributed by atoms with Crippen LogP contribution in [0.3, 0.4) is 0 Å². The molecule has 14 heavy (non-hydrogen) atoms. The molecule has 2 rings (SSSR count). The lowest BCUT2D eigenvalue weighted by Gasteiger charge is -2.09. The van der Waals surface area contributed by atoms with Gasteiger partial charge in [0.15, 0.2) is 0 Å². The Kier molecular flexibility index (Phi) is 3.09. The van der Waals surface area contributed by atoms with Gasteiger partial charge in [-0.1, -0.05) is 0 Å². The fourth-order valence-electron chi connectivity index (χ4n) is 1.86. The first-order chi connectivity index (χ1) is 6.68. The Labute approximate surface area is 85.5 Å². The Bertz CT molecular complexity index is 279. The van der Waals surface area contributed by atoms with Crippen molar-refractivity contribution in [2.75, 3.05) is 19.6 Å². The molecular weight excluding hydrogens is 200 g/mol. The van der Waals surface area contributed by atoms with Crippen molar-refractivity contribution in [2.24, 2.45) is 5.92 Å². The van der Waals surface area contributed by atoms with Gasteiger partial charge in [0.1, 0.15) is 0 Å². The van der Waals surface area contributed by atoms with E-state index in [1.54, 1.807) is 0 Å². The van der Waals surface area contributed by atoms with Crippen LogP contribution >= 0.6 is 0 Å². The van der Waals surface area contributed by atoms with Crippen molar-refractivity contribution in [3.05, 3.63) is 0 Å². The standard InChI is InChI=1S/C9H18N2O2S/c12-14(13,9-1-2-9)11-6-4-8-3-5-10-7-8/h8-11H,1-7H2. The van der Waals surface area contributed by atoms with Gasteiger partial charge in [-0.25, -0.2) is 13.1 Å². The quantitative estimate of drug-likeness (QED) is 0.686. The van der Waals surface area contributed by atoms with E-state index in [1.165, 1.54) is 6.42 Å². The van der Waals surface area contributed by atoms with Crippen LogP contribution in [0.4, 0.5) is 0 Å². The maximum absolute atomic E-state index is 11.4. The topological polar surface area (TPSA) is 58.2 Å². The highest BCUT2D eigenvalue weighted by atomic mass is 32.2. The van der Waals surface area contributed by atoms with Crippen LogP contribution in [0, 0.1) is 5.92 Å². The number of rotatable bonds is 5. The second-order valence-electron chi connectivity index (χ2n) is 4.29. The summed E-state index contributed by atoms with van der Waals surface area (Å²) >= 11 is 0. The molecule has 82 valence electrons. The van der Waals surface area contributed by atoms with Crippen LogP contribution in [0.2, 0.25) is 0 Å². The molecule has 5 heteroatoms. The molecule has 0 spiro atoms. The van der Waals surface area contributed by atoms with Crippen LogP contribution in [0.5, 0.6) is 0 Å². The molecule has 2 fully saturated rings. The zero-order valence-corrected chi connectivity index (χ0v) is 9.15. The first kappa shape index (κ1) is 10.4. The number of hydrogen-bond acceptors (Lipinski definition) is 3. The van der Waals surface area contributed by atoms with Gasteiger partial charge in [-0.2, -0.15) is 0 Å². The Hall–Kier alpha value is -0.130. The summed E-state index contributed by atoms with van der Waals surface area (Å²) < 4.78 is 25.6. The third-order valence-electron chi connectivity index (χ3n) is 2.98. The van der Waals surface area contributed by atoms with Crippen molar-refractivity contribution in [1.29, 1.82) is 0 Å². The van der Waals surface area contributed by atoms with Gasteiger partial charge >= 0.3 is 0 Å². The Morgan fingerprint density at radius 1 is 1.29 bits per heavy atom. The van der Waals surface area contributed by atoms with E-state index < -0.39 is 10.0 Å². The highest BCUT2D eigenvalue weighted by Crippen LogP contribution is 2.27. The summed E-state index contributed by atoms with van der Waals surface area (Å²) in [5.41, 5.74) is 0. The molecule has 1 heterocycles. The van der Waals surface area contributed by atoms with Crippen molar-refractivity contribution >= 4 is 10.0 Å². The highest BCUT2D eigenvalue weighted by molar-refractivity contribution is 7.90. The second kappa shape index (κ2) is 4.16. The molecule has 2 N–H and O–H groups in total. The molecule has 0 aromatic rings. The van der Waals surface area contributed by atoms with Crippen molar-refractivity contribution in [2.45, 2.75) is 30.9 Å². The monoisotopic (exact) mass is 218 g/mol. The normalized spacial score (nSPS) is 28.1. The van der Waals surface area contributed by atoms with Crippen molar-refractivity contribution in [1.82, 2.24) is 10.0 Å². The summed E-state index contributed by atoms with van der Waals surface area (Å²) in [4.78, 5) is 0. The smallest absolute Gasteiger partial charge is 0.214 e. The van der Waals surface area contributed by atoms with Crippen LogP contribution in [0.15, 0.2) is 0 Å². The fraction of sp³-hybridized carbons (Fsp3) is 1.00. The van der Waals surface area contributed by atoms with Crippen molar-refractivity contribution in [3.63, 3.8) is 0 Å². The Balaban J connectivity index is 1.66. The van der Waals surface area contributed by atoms with E-state index in [0.29, 0.717) is 12.5 Å². The molecule has 1 saturated carbocycles. The summed E-state index contributed by atoms with van der Waals surface area (Å²) in [5.74, 6) is 0.664. The molecule has 1 aliphatic heterocycles. The molecule has 0 aromatic heterocycles. The van der Waals surface area contributed by atoms with Gasteiger partial charge in [0.2, 0.25) is 10.0 Å². The zero-order chi connectivity index (χ0) is 10.0. The lowest BCUT2D eigenvalue weighted by molar-refractivity contribution is 0.519. The molecular formula is C9H18N2O2S. The van der Waals surface area contributed by atoms with Gasteiger partial charge < -0.3 is 5.32 Å². The predicted molar refractivity (Wildman–Crippen MR) is 55.5 cm³/mol. The van der Waals surface area contributed by atoms with Crippen molar-refractivity contribution in [3.8, 4) is 0 Å². The molecule has 0 bridgehead atoms. The first-order valence-corrected chi connectivity index (χ1v) is 6.92. The third-order valence-corrected chi connectivity index (χ3v) is 4.94. The van der Waals surface area contributed by atoms with Gasteiger partial charge in [0.05, 0.1) is 5.25 Å². The molecule has 0 amide bonds. The van der Waals surface area contributed by atoms with Gasteiger partial charge in [0.25, 0.3) is 0 Å². The lowest BCUT2D eigenvalue weighted by atomic mass is 10.1. The fourth-order valence-corrected chi connectivity index (χ4v) is 3.26. The third kappa shape index (κ3) is 2.68. The molecule has 0 radical (unpaired) electrons. The van der Waals surface area contributed by atoms with E-state index in [1.807, 2.05) is 0 Å². The number of nitrogens with one attached hydrogen (secondary N) is 2. The Morgan fingerprint density at radius 2 is 2.07 bits per heavy atom. The van der Waals surface area contributed by atoms with Crippen molar-refractivity contribution < 1.29 is 8.42 Å². The zero-order valence-electron chi connectivity index (χ0n) is 8.33.